The fourth-order valence-corrected chi connectivity index (χ4v) is 5.52. The van der Waals surface area contributed by atoms with Crippen LogP contribution in [0.15, 0.2) is 28.2 Å². The molecule has 0 spiro atoms. The van der Waals surface area contributed by atoms with Crippen molar-refractivity contribution in [3.63, 3.8) is 0 Å². The fourth-order valence-electron chi connectivity index (χ4n) is 3.55. The van der Waals surface area contributed by atoms with Gasteiger partial charge in [0.2, 0.25) is 0 Å². The van der Waals surface area contributed by atoms with Crippen molar-refractivity contribution in [3.8, 4) is 11.8 Å². The first kappa shape index (κ1) is 17.3. The Hall–Kier alpha value is -2.10. The maximum atomic E-state index is 13.5. The Bertz CT molecular complexity index is 1100. The van der Waals surface area contributed by atoms with E-state index in [1.54, 1.807) is 15.9 Å². The highest BCUT2D eigenvalue weighted by Crippen LogP contribution is 2.35. The van der Waals surface area contributed by atoms with Gasteiger partial charge in [0.15, 0.2) is 5.16 Å². The molecule has 4 nitrogen and oxygen atoms in total. The zero-order chi connectivity index (χ0) is 18.3. The summed E-state index contributed by atoms with van der Waals surface area (Å²) in [5, 5.41) is 10.4. The number of nitrogens with zero attached hydrogens (tertiary/aromatic N) is 3. The predicted octanol–water partition coefficient (Wildman–Crippen LogP) is 4.56. The Morgan fingerprint density at radius 3 is 2.92 bits per heavy atom. The van der Waals surface area contributed by atoms with E-state index in [0.717, 1.165) is 46.3 Å². The second-order valence-electron chi connectivity index (χ2n) is 6.66. The van der Waals surface area contributed by atoms with Gasteiger partial charge in [-0.1, -0.05) is 23.9 Å². The summed E-state index contributed by atoms with van der Waals surface area (Å²) in [4.78, 5) is 20.5. The third kappa shape index (κ3) is 2.85. The third-order valence-electron chi connectivity index (χ3n) is 4.83. The van der Waals surface area contributed by atoms with Crippen molar-refractivity contribution in [1.82, 2.24) is 9.55 Å². The van der Waals surface area contributed by atoms with Crippen molar-refractivity contribution < 1.29 is 0 Å². The maximum absolute atomic E-state index is 13.5. The lowest BCUT2D eigenvalue weighted by Gasteiger charge is -2.15. The lowest BCUT2D eigenvalue weighted by Crippen LogP contribution is -2.23. The standard InChI is InChI=1S/C20H19N3OS2/c1-12-7-8-13(2)15(11-12)23-19(24)17-14-5-3-4-6-16(14)26-18(17)22-20(23)25-10-9-21/h7-8,11H,3-6,10H2,1-2H3. The zero-order valence-corrected chi connectivity index (χ0v) is 16.5. The lowest BCUT2D eigenvalue weighted by atomic mass is 9.97. The molecule has 0 bridgehead atoms. The van der Waals surface area contributed by atoms with Crippen LogP contribution in [0.5, 0.6) is 0 Å². The molecular weight excluding hydrogens is 362 g/mol. The number of aromatic nitrogens is 2. The van der Waals surface area contributed by atoms with E-state index < -0.39 is 0 Å². The van der Waals surface area contributed by atoms with Gasteiger partial charge < -0.3 is 0 Å². The fraction of sp³-hybridized carbons (Fsp3) is 0.350. The molecule has 0 amide bonds. The van der Waals surface area contributed by atoms with Crippen LogP contribution in [0.1, 0.15) is 34.4 Å². The summed E-state index contributed by atoms with van der Waals surface area (Å²) in [5.41, 5.74) is 4.19. The van der Waals surface area contributed by atoms with Crippen molar-refractivity contribution >= 4 is 33.3 Å². The van der Waals surface area contributed by atoms with Gasteiger partial charge in [-0.15, -0.1) is 11.3 Å². The molecule has 6 heteroatoms. The Kier molecular flexibility index (Phi) is 4.60. The molecule has 0 unspecified atom stereocenters. The Balaban J connectivity index is 2.06. The molecule has 0 saturated heterocycles. The highest BCUT2D eigenvalue weighted by Gasteiger charge is 2.23. The van der Waals surface area contributed by atoms with Gasteiger partial charge in [-0.2, -0.15) is 5.26 Å². The van der Waals surface area contributed by atoms with Gasteiger partial charge in [0.1, 0.15) is 4.83 Å². The Morgan fingerprint density at radius 2 is 2.12 bits per heavy atom. The van der Waals surface area contributed by atoms with Crippen LogP contribution in [0, 0.1) is 25.2 Å². The largest absolute Gasteiger partial charge is 0.268 e. The molecule has 132 valence electrons. The molecule has 0 N–H and O–H groups in total. The van der Waals surface area contributed by atoms with Gasteiger partial charge in [0, 0.05) is 4.88 Å². The van der Waals surface area contributed by atoms with Crippen LogP contribution >= 0.6 is 23.1 Å². The van der Waals surface area contributed by atoms with E-state index in [0.29, 0.717) is 5.16 Å². The van der Waals surface area contributed by atoms with Crippen LogP contribution in [-0.2, 0) is 12.8 Å². The molecule has 0 aliphatic heterocycles. The highest BCUT2D eigenvalue weighted by atomic mass is 32.2. The summed E-state index contributed by atoms with van der Waals surface area (Å²) < 4.78 is 1.72. The van der Waals surface area contributed by atoms with E-state index >= 15 is 0 Å². The minimum Gasteiger partial charge on any atom is -0.268 e. The summed E-state index contributed by atoms with van der Waals surface area (Å²) in [6.45, 7) is 4.03. The quantitative estimate of drug-likeness (QED) is 0.493. The summed E-state index contributed by atoms with van der Waals surface area (Å²) in [6, 6.07) is 8.25. The molecule has 2 heterocycles. The average Bonchev–Trinajstić information content (AvgIpc) is 3.01. The van der Waals surface area contributed by atoms with Crippen LogP contribution in [0.2, 0.25) is 0 Å². The minimum absolute atomic E-state index is 0.00328. The zero-order valence-electron chi connectivity index (χ0n) is 14.8. The van der Waals surface area contributed by atoms with Gasteiger partial charge in [-0.05, 0) is 62.3 Å². The monoisotopic (exact) mass is 381 g/mol. The minimum atomic E-state index is 0.00328. The first-order valence-corrected chi connectivity index (χ1v) is 10.5. The van der Waals surface area contributed by atoms with E-state index in [-0.39, 0.29) is 11.3 Å². The number of thiophene rings is 1. The average molecular weight is 382 g/mol. The molecule has 26 heavy (non-hydrogen) atoms. The van der Waals surface area contributed by atoms with Crippen molar-refractivity contribution in [1.29, 1.82) is 5.26 Å². The predicted molar refractivity (Wildman–Crippen MR) is 108 cm³/mol. The first-order valence-electron chi connectivity index (χ1n) is 8.75. The number of nitriles is 1. The number of benzene rings is 1. The summed E-state index contributed by atoms with van der Waals surface area (Å²) >= 11 is 2.98. The summed E-state index contributed by atoms with van der Waals surface area (Å²) in [5.74, 6) is 0.272. The smallest absolute Gasteiger partial charge is 0.267 e. The van der Waals surface area contributed by atoms with Crippen LogP contribution in [0.3, 0.4) is 0 Å². The van der Waals surface area contributed by atoms with Gasteiger partial charge >= 0.3 is 0 Å². The second-order valence-corrected chi connectivity index (χ2v) is 8.69. The number of fused-ring (bicyclic) bond motifs is 3. The first-order chi connectivity index (χ1) is 12.6. The number of hydrogen-bond acceptors (Lipinski definition) is 5. The van der Waals surface area contributed by atoms with E-state index in [1.807, 2.05) is 32.0 Å². The number of aryl methyl sites for hydroxylation is 4. The van der Waals surface area contributed by atoms with Crippen LogP contribution in [-0.4, -0.2) is 15.3 Å². The van der Waals surface area contributed by atoms with Crippen molar-refractivity contribution in [3.05, 3.63) is 50.1 Å². The number of thioether (sulfide) groups is 1. The number of rotatable bonds is 3. The topological polar surface area (TPSA) is 58.7 Å². The van der Waals surface area contributed by atoms with Gasteiger partial charge in [0.05, 0.1) is 22.9 Å². The molecule has 1 aliphatic rings. The maximum Gasteiger partial charge on any atom is 0.267 e. The van der Waals surface area contributed by atoms with Crippen LogP contribution in [0.25, 0.3) is 15.9 Å². The van der Waals surface area contributed by atoms with E-state index in [4.69, 9.17) is 10.2 Å². The van der Waals surface area contributed by atoms with Crippen molar-refractivity contribution in [2.75, 3.05) is 5.75 Å². The normalized spacial score (nSPS) is 13.6. The van der Waals surface area contributed by atoms with E-state index in [9.17, 15) is 4.79 Å². The molecule has 2 aromatic heterocycles. The van der Waals surface area contributed by atoms with Gasteiger partial charge in [-0.3, -0.25) is 9.36 Å². The molecule has 1 aliphatic carbocycles. The lowest BCUT2D eigenvalue weighted by molar-refractivity contribution is 0.699. The van der Waals surface area contributed by atoms with Crippen LogP contribution in [0.4, 0.5) is 0 Å². The molecule has 0 radical (unpaired) electrons. The van der Waals surface area contributed by atoms with E-state index in [2.05, 4.69) is 6.07 Å². The Labute approximate surface area is 160 Å². The molecule has 1 aromatic carbocycles. The third-order valence-corrected chi connectivity index (χ3v) is 6.82. The summed E-state index contributed by atoms with van der Waals surface area (Å²) in [6.07, 6.45) is 4.32. The van der Waals surface area contributed by atoms with Crippen molar-refractivity contribution in [2.45, 2.75) is 44.7 Å². The van der Waals surface area contributed by atoms with Gasteiger partial charge in [-0.25, -0.2) is 4.98 Å². The van der Waals surface area contributed by atoms with E-state index in [1.165, 1.54) is 28.6 Å². The Morgan fingerprint density at radius 1 is 1.31 bits per heavy atom. The molecule has 0 fully saturated rings. The SMILES string of the molecule is Cc1ccc(C)c(-n2c(SCC#N)nc3sc4c(c3c2=O)CCCC4)c1. The molecular formula is C20H19N3OS2. The molecule has 4 rings (SSSR count). The second kappa shape index (κ2) is 6.90. The molecule has 0 atom stereocenters. The highest BCUT2D eigenvalue weighted by molar-refractivity contribution is 7.99. The van der Waals surface area contributed by atoms with Crippen molar-refractivity contribution in [2.24, 2.45) is 0 Å². The van der Waals surface area contributed by atoms with Crippen LogP contribution < -0.4 is 5.56 Å². The number of hydrogen-bond donors (Lipinski definition) is 0. The molecule has 3 aromatic rings. The van der Waals surface area contributed by atoms with Gasteiger partial charge in [0.25, 0.3) is 5.56 Å². The molecule has 0 saturated carbocycles. The summed E-state index contributed by atoms with van der Waals surface area (Å²) in [7, 11) is 0.